The number of rotatable bonds is 9. The van der Waals surface area contributed by atoms with Gasteiger partial charge in [0.2, 0.25) is 0 Å². The summed E-state index contributed by atoms with van der Waals surface area (Å²) in [4.78, 5) is 15.7. The molecule has 0 aliphatic heterocycles. The van der Waals surface area contributed by atoms with Gasteiger partial charge in [-0.05, 0) is 32.1 Å². The summed E-state index contributed by atoms with van der Waals surface area (Å²) in [6.07, 6.45) is 0. The molecule has 0 spiro atoms. The van der Waals surface area contributed by atoms with Crippen molar-refractivity contribution in [1.29, 1.82) is 0 Å². The number of aromatic nitrogens is 1. The molecule has 0 aliphatic carbocycles. The number of nitrogens with zero attached hydrogens (tertiary/aromatic N) is 2. The molecule has 24 heavy (non-hydrogen) atoms. The van der Waals surface area contributed by atoms with Gasteiger partial charge in [-0.2, -0.15) is 0 Å². The Kier molecular flexibility index (Phi) is 7.34. The standard InChI is InChI=1S/C18H25N3O2S/c1-4-21(5-2)11-10-19-18(22)16-8-6-7-9-17(16)24-13-15-12-14(3)20-23-15/h6-9,12H,4-5,10-11,13H2,1-3H3,(H,19,22). The van der Waals surface area contributed by atoms with E-state index in [1.807, 2.05) is 37.3 Å². The van der Waals surface area contributed by atoms with Gasteiger partial charge in [0.15, 0.2) is 0 Å². The largest absolute Gasteiger partial charge is 0.360 e. The van der Waals surface area contributed by atoms with Crippen LogP contribution in [0, 0.1) is 6.92 Å². The van der Waals surface area contributed by atoms with E-state index in [0.29, 0.717) is 17.9 Å². The Morgan fingerprint density at radius 1 is 1.29 bits per heavy atom. The quantitative estimate of drug-likeness (QED) is 0.705. The van der Waals surface area contributed by atoms with Gasteiger partial charge in [-0.25, -0.2) is 0 Å². The number of nitrogens with one attached hydrogen (secondary N) is 1. The van der Waals surface area contributed by atoms with Crippen LogP contribution in [0.4, 0.5) is 0 Å². The van der Waals surface area contributed by atoms with E-state index in [1.165, 1.54) is 0 Å². The van der Waals surface area contributed by atoms with E-state index < -0.39 is 0 Å². The van der Waals surface area contributed by atoms with Crippen LogP contribution in [-0.2, 0) is 5.75 Å². The molecule has 0 unspecified atom stereocenters. The topological polar surface area (TPSA) is 58.4 Å². The van der Waals surface area contributed by atoms with Crippen molar-refractivity contribution >= 4 is 17.7 Å². The normalized spacial score (nSPS) is 11.0. The van der Waals surface area contributed by atoms with E-state index in [2.05, 4.69) is 29.2 Å². The SMILES string of the molecule is CCN(CC)CCNC(=O)c1ccccc1SCc1cc(C)no1. The van der Waals surface area contributed by atoms with Gasteiger partial charge in [0.05, 0.1) is 17.0 Å². The molecule has 0 atom stereocenters. The van der Waals surface area contributed by atoms with Crippen molar-refractivity contribution in [2.75, 3.05) is 26.2 Å². The number of carbonyl (C=O) groups excluding carboxylic acids is 1. The minimum atomic E-state index is -0.0287. The third-order valence-corrected chi connectivity index (χ3v) is 4.88. The molecular formula is C18H25N3O2S. The van der Waals surface area contributed by atoms with Gasteiger partial charge in [0.25, 0.3) is 5.91 Å². The molecule has 1 aromatic carbocycles. The van der Waals surface area contributed by atoms with E-state index in [4.69, 9.17) is 4.52 Å². The minimum absolute atomic E-state index is 0.0287. The van der Waals surface area contributed by atoms with Crippen LogP contribution in [0.2, 0.25) is 0 Å². The van der Waals surface area contributed by atoms with E-state index in [0.717, 1.165) is 36.0 Å². The van der Waals surface area contributed by atoms with Crippen LogP contribution in [0.5, 0.6) is 0 Å². The number of hydrogen-bond acceptors (Lipinski definition) is 5. The number of benzene rings is 1. The van der Waals surface area contributed by atoms with E-state index in [1.54, 1.807) is 11.8 Å². The van der Waals surface area contributed by atoms with Crippen LogP contribution in [0.3, 0.4) is 0 Å². The molecule has 5 nitrogen and oxygen atoms in total. The van der Waals surface area contributed by atoms with Crippen LogP contribution >= 0.6 is 11.8 Å². The fourth-order valence-electron chi connectivity index (χ4n) is 2.38. The summed E-state index contributed by atoms with van der Waals surface area (Å²) in [6.45, 7) is 9.66. The third-order valence-electron chi connectivity index (χ3n) is 3.79. The van der Waals surface area contributed by atoms with Gasteiger partial charge in [0.1, 0.15) is 5.76 Å². The van der Waals surface area contributed by atoms with Gasteiger partial charge >= 0.3 is 0 Å². The van der Waals surface area contributed by atoms with Crippen LogP contribution in [0.15, 0.2) is 39.8 Å². The Balaban J connectivity index is 1.93. The van der Waals surface area contributed by atoms with Crippen molar-refractivity contribution in [3.63, 3.8) is 0 Å². The predicted octanol–water partition coefficient (Wildman–Crippen LogP) is 3.35. The zero-order valence-corrected chi connectivity index (χ0v) is 15.4. The molecule has 1 aromatic heterocycles. The number of amides is 1. The summed E-state index contributed by atoms with van der Waals surface area (Å²) >= 11 is 1.59. The minimum Gasteiger partial charge on any atom is -0.360 e. The molecule has 6 heteroatoms. The first-order valence-corrected chi connectivity index (χ1v) is 9.27. The van der Waals surface area contributed by atoms with E-state index in [-0.39, 0.29) is 5.91 Å². The zero-order valence-electron chi connectivity index (χ0n) is 14.5. The smallest absolute Gasteiger partial charge is 0.252 e. The van der Waals surface area contributed by atoms with Crippen molar-refractivity contribution < 1.29 is 9.32 Å². The summed E-state index contributed by atoms with van der Waals surface area (Å²) in [5.74, 6) is 1.44. The molecule has 0 aliphatic rings. The van der Waals surface area contributed by atoms with Crippen molar-refractivity contribution in [3.05, 3.63) is 47.3 Å². The highest BCUT2D eigenvalue weighted by Crippen LogP contribution is 2.26. The number of likely N-dealkylation sites (N-methyl/N-ethyl adjacent to an activating group) is 1. The van der Waals surface area contributed by atoms with Gasteiger partial charge in [0, 0.05) is 24.1 Å². The maximum atomic E-state index is 12.5. The van der Waals surface area contributed by atoms with Crippen molar-refractivity contribution in [1.82, 2.24) is 15.4 Å². The molecule has 0 fully saturated rings. The molecule has 1 amide bonds. The van der Waals surface area contributed by atoms with Crippen LogP contribution in [-0.4, -0.2) is 42.1 Å². The highest BCUT2D eigenvalue weighted by Gasteiger charge is 2.12. The van der Waals surface area contributed by atoms with Gasteiger partial charge < -0.3 is 14.7 Å². The first kappa shape index (κ1) is 18.5. The molecule has 1 N–H and O–H groups in total. The molecule has 130 valence electrons. The van der Waals surface area contributed by atoms with Crippen molar-refractivity contribution in [2.24, 2.45) is 0 Å². The number of thioether (sulfide) groups is 1. The first-order chi connectivity index (χ1) is 11.6. The maximum absolute atomic E-state index is 12.5. The Morgan fingerprint density at radius 2 is 2.04 bits per heavy atom. The van der Waals surface area contributed by atoms with Crippen LogP contribution in [0.25, 0.3) is 0 Å². The average molecular weight is 347 g/mol. The van der Waals surface area contributed by atoms with Crippen molar-refractivity contribution in [3.8, 4) is 0 Å². The maximum Gasteiger partial charge on any atom is 0.252 e. The number of hydrogen-bond donors (Lipinski definition) is 1. The monoisotopic (exact) mass is 347 g/mol. The Morgan fingerprint density at radius 3 is 2.71 bits per heavy atom. The summed E-state index contributed by atoms with van der Waals surface area (Å²) in [5.41, 5.74) is 1.58. The molecule has 0 radical (unpaired) electrons. The lowest BCUT2D eigenvalue weighted by Gasteiger charge is -2.18. The Labute approximate surface area is 147 Å². The van der Waals surface area contributed by atoms with Gasteiger partial charge in [-0.3, -0.25) is 4.79 Å². The predicted molar refractivity (Wildman–Crippen MR) is 97.4 cm³/mol. The lowest BCUT2D eigenvalue weighted by molar-refractivity contribution is 0.0946. The fraction of sp³-hybridized carbons (Fsp3) is 0.444. The second kappa shape index (κ2) is 9.49. The fourth-order valence-corrected chi connectivity index (χ4v) is 3.30. The van der Waals surface area contributed by atoms with E-state index >= 15 is 0 Å². The van der Waals surface area contributed by atoms with Crippen molar-refractivity contribution in [2.45, 2.75) is 31.4 Å². The second-order valence-corrected chi connectivity index (χ2v) is 6.52. The van der Waals surface area contributed by atoms with E-state index in [9.17, 15) is 4.79 Å². The molecule has 0 bridgehead atoms. The second-order valence-electron chi connectivity index (χ2n) is 5.50. The molecule has 0 saturated heterocycles. The van der Waals surface area contributed by atoms with Gasteiger partial charge in [-0.1, -0.05) is 31.1 Å². The van der Waals surface area contributed by atoms with Crippen LogP contribution in [0.1, 0.15) is 35.7 Å². The Hall–Kier alpha value is -1.79. The molecule has 1 heterocycles. The molecular weight excluding hydrogens is 322 g/mol. The van der Waals surface area contributed by atoms with Crippen LogP contribution < -0.4 is 5.32 Å². The number of carbonyl (C=O) groups is 1. The summed E-state index contributed by atoms with van der Waals surface area (Å²) in [7, 11) is 0. The third kappa shape index (κ3) is 5.39. The van der Waals surface area contributed by atoms with Gasteiger partial charge in [-0.15, -0.1) is 11.8 Å². The zero-order chi connectivity index (χ0) is 17.4. The first-order valence-electron chi connectivity index (χ1n) is 8.28. The highest BCUT2D eigenvalue weighted by atomic mass is 32.2. The molecule has 2 rings (SSSR count). The summed E-state index contributed by atoms with van der Waals surface area (Å²) < 4.78 is 5.23. The molecule has 2 aromatic rings. The lowest BCUT2D eigenvalue weighted by Crippen LogP contribution is -2.34. The highest BCUT2D eigenvalue weighted by molar-refractivity contribution is 7.98. The average Bonchev–Trinajstić information content (AvgIpc) is 3.02. The summed E-state index contributed by atoms with van der Waals surface area (Å²) in [5, 5.41) is 6.90. The molecule has 0 saturated carbocycles. The lowest BCUT2D eigenvalue weighted by atomic mass is 10.2. The summed E-state index contributed by atoms with van der Waals surface area (Å²) in [6, 6.07) is 9.58. The number of aryl methyl sites for hydroxylation is 1. The Bertz CT molecular complexity index is 653.